The van der Waals surface area contributed by atoms with Gasteiger partial charge in [-0.05, 0) is 12.0 Å². The Balaban J connectivity index is 2.32. The molecule has 0 aliphatic rings. The van der Waals surface area contributed by atoms with Gasteiger partial charge in [-0.15, -0.1) is 0 Å². The maximum atomic E-state index is 11.9. The topological polar surface area (TPSA) is 78.9 Å². The van der Waals surface area contributed by atoms with Gasteiger partial charge in [0.25, 0.3) is 0 Å². The maximum Gasteiger partial charge on any atom is 0.317 e. The van der Waals surface area contributed by atoms with Crippen LogP contribution in [-0.4, -0.2) is 55.4 Å². The molecule has 6 nitrogen and oxygen atoms in total. The van der Waals surface area contributed by atoms with Crippen molar-refractivity contribution in [1.29, 1.82) is 0 Å². The number of hydrogen-bond donors (Lipinski definition) is 2. The van der Waals surface area contributed by atoms with Crippen LogP contribution in [0.5, 0.6) is 0 Å². The number of carboxylic acid groups (broad SMARTS) is 1. The number of aliphatic carboxylic acids is 1. The Morgan fingerprint density at radius 2 is 2.00 bits per heavy atom. The zero-order chi connectivity index (χ0) is 15.7. The molecule has 1 aromatic rings. The van der Waals surface area contributed by atoms with E-state index in [1.165, 1.54) is 7.11 Å². The predicted molar refractivity (Wildman–Crippen MR) is 79.2 cm³/mol. The molecule has 0 aliphatic carbocycles. The molecule has 0 saturated carbocycles. The van der Waals surface area contributed by atoms with E-state index in [2.05, 4.69) is 5.32 Å². The number of carboxylic acids is 1. The molecule has 6 heteroatoms. The van der Waals surface area contributed by atoms with Crippen LogP contribution in [-0.2, 0) is 16.0 Å². The first-order valence-corrected chi connectivity index (χ1v) is 6.80. The summed E-state index contributed by atoms with van der Waals surface area (Å²) in [5, 5.41) is 11.4. The lowest BCUT2D eigenvalue weighted by Crippen LogP contribution is -2.42. The van der Waals surface area contributed by atoms with Crippen LogP contribution in [0.15, 0.2) is 30.3 Å². The van der Waals surface area contributed by atoms with Crippen molar-refractivity contribution in [2.24, 2.45) is 0 Å². The lowest BCUT2D eigenvalue weighted by molar-refractivity contribution is -0.139. The van der Waals surface area contributed by atoms with E-state index in [1.54, 1.807) is 11.9 Å². The molecule has 0 bridgehead atoms. The van der Waals surface area contributed by atoms with Crippen LogP contribution < -0.4 is 5.32 Å². The number of amides is 2. The number of carbonyl (C=O) groups is 2. The summed E-state index contributed by atoms with van der Waals surface area (Å²) in [5.74, 6) is -0.950. The summed E-state index contributed by atoms with van der Waals surface area (Å²) in [6.07, 6.45) is 0.118. The number of urea groups is 1. The average molecular weight is 294 g/mol. The van der Waals surface area contributed by atoms with Crippen molar-refractivity contribution in [1.82, 2.24) is 10.2 Å². The van der Waals surface area contributed by atoms with Gasteiger partial charge in [0.2, 0.25) is 0 Å². The Bertz CT molecular complexity index is 450. The fraction of sp³-hybridized carbons (Fsp3) is 0.467. The molecule has 1 unspecified atom stereocenters. The molecule has 0 spiro atoms. The number of likely N-dealkylation sites (N-methyl/N-ethyl adjacent to an activating group) is 1. The van der Waals surface area contributed by atoms with Crippen LogP contribution in [0.3, 0.4) is 0 Å². The molecule has 0 radical (unpaired) electrons. The van der Waals surface area contributed by atoms with Crippen molar-refractivity contribution in [2.75, 3.05) is 27.2 Å². The molecule has 2 amide bonds. The molecule has 2 N–H and O–H groups in total. The summed E-state index contributed by atoms with van der Waals surface area (Å²) in [4.78, 5) is 24.1. The van der Waals surface area contributed by atoms with E-state index in [1.807, 2.05) is 30.3 Å². The van der Waals surface area contributed by atoms with Crippen molar-refractivity contribution in [3.8, 4) is 0 Å². The smallest absolute Gasteiger partial charge is 0.317 e. The van der Waals surface area contributed by atoms with Gasteiger partial charge in [0, 0.05) is 27.2 Å². The number of rotatable bonds is 8. The summed E-state index contributed by atoms with van der Waals surface area (Å²) >= 11 is 0. The fourth-order valence-corrected chi connectivity index (χ4v) is 1.81. The van der Waals surface area contributed by atoms with E-state index in [-0.39, 0.29) is 19.0 Å². The van der Waals surface area contributed by atoms with Gasteiger partial charge in [0.05, 0.1) is 12.5 Å². The third-order valence-electron chi connectivity index (χ3n) is 3.14. The summed E-state index contributed by atoms with van der Waals surface area (Å²) in [5.41, 5.74) is 1.16. The van der Waals surface area contributed by atoms with Gasteiger partial charge >= 0.3 is 12.0 Å². The number of carbonyl (C=O) groups excluding carboxylic acids is 1. The van der Waals surface area contributed by atoms with Crippen molar-refractivity contribution in [3.63, 3.8) is 0 Å². The minimum Gasteiger partial charge on any atom is -0.481 e. The average Bonchev–Trinajstić information content (AvgIpc) is 2.49. The van der Waals surface area contributed by atoms with Crippen molar-refractivity contribution < 1.29 is 19.4 Å². The van der Waals surface area contributed by atoms with Gasteiger partial charge in [-0.2, -0.15) is 0 Å². The Morgan fingerprint density at radius 3 is 2.57 bits per heavy atom. The number of nitrogens with one attached hydrogen (secondary N) is 1. The molecule has 21 heavy (non-hydrogen) atoms. The van der Waals surface area contributed by atoms with Gasteiger partial charge in [0.1, 0.15) is 0 Å². The molecule has 0 heterocycles. The maximum absolute atomic E-state index is 11.9. The van der Waals surface area contributed by atoms with Crippen LogP contribution in [0, 0.1) is 0 Å². The number of nitrogens with zero attached hydrogens (tertiary/aromatic N) is 1. The Hall–Kier alpha value is -2.08. The summed E-state index contributed by atoms with van der Waals surface area (Å²) in [6.45, 7) is 0.768. The predicted octanol–water partition coefficient (Wildman–Crippen LogP) is 1.36. The van der Waals surface area contributed by atoms with E-state index in [0.29, 0.717) is 6.54 Å². The fourth-order valence-electron chi connectivity index (χ4n) is 1.81. The highest BCUT2D eigenvalue weighted by Gasteiger charge is 2.15. The Labute approximate surface area is 124 Å². The van der Waals surface area contributed by atoms with Crippen LogP contribution in [0.2, 0.25) is 0 Å². The van der Waals surface area contributed by atoms with Gasteiger partial charge in [0.15, 0.2) is 0 Å². The third-order valence-corrected chi connectivity index (χ3v) is 3.14. The van der Waals surface area contributed by atoms with Gasteiger partial charge in [-0.25, -0.2) is 4.79 Å². The summed E-state index contributed by atoms with van der Waals surface area (Å²) in [6, 6.07) is 9.67. The van der Waals surface area contributed by atoms with Crippen molar-refractivity contribution >= 4 is 12.0 Å². The van der Waals surface area contributed by atoms with Gasteiger partial charge in [-0.1, -0.05) is 30.3 Å². The monoisotopic (exact) mass is 294 g/mol. The molecule has 1 aromatic carbocycles. The zero-order valence-electron chi connectivity index (χ0n) is 12.4. The molecule has 1 atom stereocenters. The van der Waals surface area contributed by atoms with Crippen molar-refractivity contribution in [2.45, 2.75) is 18.9 Å². The molecular weight excluding hydrogens is 272 g/mol. The number of ether oxygens (including phenoxy) is 1. The second-order valence-corrected chi connectivity index (χ2v) is 4.80. The van der Waals surface area contributed by atoms with E-state index in [9.17, 15) is 9.59 Å². The van der Waals surface area contributed by atoms with E-state index in [0.717, 1.165) is 12.0 Å². The highest BCUT2D eigenvalue weighted by atomic mass is 16.5. The minimum atomic E-state index is -0.950. The minimum absolute atomic E-state index is 0.134. The second kappa shape index (κ2) is 8.97. The van der Waals surface area contributed by atoms with E-state index >= 15 is 0 Å². The Morgan fingerprint density at radius 1 is 1.33 bits per heavy atom. The van der Waals surface area contributed by atoms with Crippen LogP contribution in [0.4, 0.5) is 4.79 Å². The van der Waals surface area contributed by atoms with E-state index in [4.69, 9.17) is 9.84 Å². The van der Waals surface area contributed by atoms with Crippen LogP contribution in [0.1, 0.15) is 12.0 Å². The number of benzene rings is 1. The largest absolute Gasteiger partial charge is 0.481 e. The van der Waals surface area contributed by atoms with Crippen LogP contribution >= 0.6 is 0 Å². The van der Waals surface area contributed by atoms with E-state index < -0.39 is 12.1 Å². The summed E-state index contributed by atoms with van der Waals surface area (Å²) in [7, 11) is 3.14. The van der Waals surface area contributed by atoms with Crippen molar-refractivity contribution in [3.05, 3.63) is 35.9 Å². The molecule has 0 aromatic heterocycles. The molecule has 0 fully saturated rings. The van der Waals surface area contributed by atoms with Gasteiger partial charge < -0.3 is 20.1 Å². The molecule has 116 valence electrons. The highest BCUT2D eigenvalue weighted by molar-refractivity contribution is 5.74. The zero-order valence-corrected chi connectivity index (χ0v) is 12.4. The molecule has 0 aliphatic heterocycles. The summed E-state index contributed by atoms with van der Waals surface area (Å²) < 4.78 is 5.01. The number of methoxy groups -OCH3 is 1. The molecule has 1 rings (SSSR count). The second-order valence-electron chi connectivity index (χ2n) is 4.80. The third kappa shape index (κ3) is 6.76. The first kappa shape index (κ1) is 17.0. The SMILES string of the molecule is COC(CNC(=O)N(C)CCc1ccccc1)CC(=O)O. The Kier molecular flexibility index (Phi) is 7.25. The normalized spacial score (nSPS) is 11.7. The first-order chi connectivity index (χ1) is 10.0. The van der Waals surface area contributed by atoms with Gasteiger partial charge in [-0.3, -0.25) is 4.79 Å². The quantitative estimate of drug-likeness (QED) is 0.759. The number of hydrogen-bond acceptors (Lipinski definition) is 3. The highest BCUT2D eigenvalue weighted by Crippen LogP contribution is 2.01. The van der Waals surface area contributed by atoms with Crippen LogP contribution in [0.25, 0.3) is 0 Å². The molecular formula is C15H22N2O4. The standard InChI is InChI=1S/C15H22N2O4/c1-17(9-8-12-6-4-3-5-7-12)15(20)16-11-13(21-2)10-14(18)19/h3-7,13H,8-11H2,1-2H3,(H,16,20)(H,18,19). The first-order valence-electron chi connectivity index (χ1n) is 6.80. The lowest BCUT2D eigenvalue weighted by atomic mass is 10.1. The molecule has 0 saturated heterocycles. The lowest BCUT2D eigenvalue weighted by Gasteiger charge is -2.20.